The molecule has 1 aliphatic heterocycles. The lowest BCUT2D eigenvalue weighted by Crippen LogP contribution is -2.33. The van der Waals surface area contributed by atoms with Crippen LogP contribution in [0, 0.1) is 0 Å². The highest BCUT2D eigenvalue weighted by atomic mass is 16.5. The van der Waals surface area contributed by atoms with E-state index in [9.17, 15) is 9.90 Å². The molecule has 4 nitrogen and oxygen atoms in total. The second kappa shape index (κ2) is 5.26. The number of hydrogen-bond acceptors (Lipinski definition) is 3. The summed E-state index contributed by atoms with van der Waals surface area (Å²) in [7, 11) is 0. The summed E-state index contributed by atoms with van der Waals surface area (Å²) in [5.41, 5.74) is 3.54. The minimum absolute atomic E-state index is 0.0513. The summed E-state index contributed by atoms with van der Waals surface area (Å²) >= 11 is 0. The van der Waals surface area contributed by atoms with Gasteiger partial charge in [-0.15, -0.1) is 0 Å². The lowest BCUT2D eigenvalue weighted by atomic mass is 9.77. The maximum Gasteiger partial charge on any atom is 0.255 e. The fraction of sp³-hybridized carbons (Fsp3) is 0.350. The van der Waals surface area contributed by atoms with Crippen LogP contribution in [0.1, 0.15) is 46.8 Å². The van der Waals surface area contributed by atoms with Crippen LogP contribution in [0.25, 0.3) is 0 Å². The number of phenolic OH excluding ortho intramolecular Hbond substituents is 1. The van der Waals surface area contributed by atoms with Crippen molar-refractivity contribution < 1.29 is 14.6 Å². The van der Waals surface area contributed by atoms with Gasteiger partial charge in [-0.25, -0.2) is 0 Å². The molecule has 4 rings (SSSR count). The zero-order valence-corrected chi connectivity index (χ0v) is 13.9. The highest BCUT2D eigenvalue weighted by Crippen LogP contribution is 2.43. The van der Waals surface area contributed by atoms with Gasteiger partial charge in [0, 0.05) is 24.4 Å². The standard InChI is InChI=1S/C20H21NO3/c1-20(2)10-13-7-8-16(17(22)18(13)24-20)19(23)21-11-14-9-12-5-3-4-6-15(12)14/h3-8,14,22H,9-11H2,1-2H3,(H,21,23). The fourth-order valence-corrected chi connectivity index (χ4v) is 3.68. The average molecular weight is 323 g/mol. The van der Waals surface area contributed by atoms with E-state index in [-0.39, 0.29) is 22.8 Å². The summed E-state index contributed by atoms with van der Waals surface area (Å²) in [6, 6.07) is 11.9. The Labute approximate surface area is 141 Å². The van der Waals surface area contributed by atoms with Crippen molar-refractivity contribution >= 4 is 5.91 Å². The molecule has 24 heavy (non-hydrogen) atoms. The van der Waals surface area contributed by atoms with Crippen molar-refractivity contribution in [2.45, 2.75) is 38.2 Å². The molecule has 0 fully saturated rings. The fourth-order valence-electron chi connectivity index (χ4n) is 3.68. The highest BCUT2D eigenvalue weighted by molar-refractivity contribution is 5.98. The molecule has 0 spiro atoms. The third kappa shape index (κ3) is 2.42. The van der Waals surface area contributed by atoms with Crippen molar-refractivity contribution in [2.24, 2.45) is 0 Å². The van der Waals surface area contributed by atoms with Gasteiger partial charge in [0.05, 0.1) is 5.56 Å². The van der Waals surface area contributed by atoms with Crippen molar-refractivity contribution in [3.8, 4) is 11.5 Å². The molecule has 0 radical (unpaired) electrons. The first-order valence-corrected chi connectivity index (χ1v) is 8.34. The quantitative estimate of drug-likeness (QED) is 0.912. The van der Waals surface area contributed by atoms with E-state index in [4.69, 9.17) is 4.74 Å². The first kappa shape index (κ1) is 15.1. The second-order valence-electron chi connectivity index (χ2n) is 7.30. The van der Waals surface area contributed by atoms with Crippen LogP contribution >= 0.6 is 0 Å². The SMILES string of the molecule is CC1(C)Cc2ccc(C(=O)NCC3Cc4ccccc43)c(O)c2O1. The molecule has 2 N–H and O–H groups in total. The lowest BCUT2D eigenvalue weighted by molar-refractivity contribution is 0.0944. The predicted octanol–water partition coefficient (Wildman–Crippen LogP) is 3.18. The summed E-state index contributed by atoms with van der Waals surface area (Å²) < 4.78 is 5.79. The molecule has 2 aliphatic rings. The summed E-state index contributed by atoms with van der Waals surface area (Å²) in [6.07, 6.45) is 1.72. The zero-order valence-electron chi connectivity index (χ0n) is 13.9. The molecule has 0 bridgehead atoms. The van der Waals surface area contributed by atoms with Gasteiger partial charge in [-0.2, -0.15) is 0 Å². The van der Waals surface area contributed by atoms with Crippen LogP contribution in [0.15, 0.2) is 36.4 Å². The van der Waals surface area contributed by atoms with Crippen LogP contribution in [0.3, 0.4) is 0 Å². The van der Waals surface area contributed by atoms with Gasteiger partial charge < -0.3 is 15.2 Å². The number of nitrogens with one attached hydrogen (secondary N) is 1. The van der Waals surface area contributed by atoms with Crippen molar-refractivity contribution in [1.29, 1.82) is 0 Å². The molecule has 2 aromatic carbocycles. The molecule has 4 heteroatoms. The zero-order chi connectivity index (χ0) is 16.9. The maximum absolute atomic E-state index is 12.5. The smallest absolute Gasteiger partial charge is 0.255 e. The summed E-state index contributed by atoms with van der Waals surface area (Å²) in [6.45, 7) is 4.53. The Morgan fingerprint density at radius 2 is 2.04 bits per heavy atom. The molecule has 1 heterocycles. The van der Waals surface area contributed by atoms with Gasteiger partial charge in [0.2, 0.25) is 0 Å². The Bertz CT molecular complexity index is 826. The van der Waals surface area contributed by atoms with Gasteiger partial charge in [-0.1, -0.05) is 30.3 Å². The van der Waals surface area contributed by atoms with Crippen LogP contribution in [0.5, 0.6) is 11.5 Å². The van der Waals surface area contributed by atoms with Crippen LogP contribution < -0.4 is 10.1 Å². The van der Waals surface area contributed by atoms with E-state index >= 15 is 0 Å². The molecule has 0 saturated heterocycles. The topological polar surface area (TPSA) is 58.6 Å². The Balaban J connectivity index is 1.47. The summed E-state index contributed by atoms with van der Waals surface area (Å²) in [4.78, 5) is 12.5. The number of benzene rings is 2. The molecule has 1 aliphatic carbocycles. The van der Waals surface area contributed by atoms with Crippen LogP contribution in [0.4, 0.5) is 0 Å². The van der Waals surface area contributed by atoms with Crippen molar-refractivity contribution in [3.05, 3.63) is 58.7 Å². The molecular formula is C20H21NO3. The predicted molar refractivity (Wildman–Crippen MR) is 91.7 cm³/mol. The van der Waals surface area contributed by atoms with E-state index in [2.05, 4.69) is 17.4 Å². The molecule has 124 valence electrons. The molecular weight excluding hydrogens is 302 g/mol. The van der Waals surface area contributed by atoms with E-state index < -0.39 is 0 Å². The third-order valence-corrected chi connectivity index (χ3v) is 4.92. The number of amides is 1. The molecule has 0 saturated carbocycles. The number of aromatic hydroxyl groups is 1. The van der Waals surface area contributed by atoms with Crippen molar-refractivity contribution in [2.75, 3.05) is 6.54 Å². The number of rotatable bonds is 3. The van der Waals surface area contributed by atoms with Crippen molar-refractivity contribution in [1.82, 2.24) is 5.32 Å². The molecule has 1 atom stereocenters. The largest absolute Gasteiger partial charge is 0.504 e. The number of carbonyl (C=O) groups excluding carboxylic acids is 1. The average Bonchev–Trinajstić information content (AvgIpc) is 2.83. The molecule has 2 aromatic rings. The number of ether oxygens (including phenoxy) is 1. The Kier molecular flexibility index (Phi) is 3.30. The van der Waals surface area contributed by atoms with Gasteiger partial charge in [0.15, 0.2) is 11.5 Å². The van der Waals surface area contributed by atoms with E-state index in [1.165, 1.54) is 11.1 Å². The number of carbonyl (C=O) groups is 1. The second-order valence-corrected chi connectivity index (χ2v) is 7.30. The number of hydrogen-bond donors (Lipinski definition) is 2. The minimum atomic E-state index is -0.343. The minimum Gasteiger partial charge on any atom is -0.504 e. The van der Waals surface area contributed by atoms with Gasteiger partial charge >= 0.3 is 0 Å². The van der Waals surface area contributed by atoms with Crippen molar-refractivity contribution in [3.63, 3.8) is 0 Å². The van der Waals surface area contributed by atoms with Gasteiger partial charge in [-0.3, -0.25) is 4.79 Å². The Morgan fingerprint density at radius 1 is 1.25 bits per heavy atom. The van der Waals surface area contributed by atoms with E-state index in [0.29, 0.717) is 18.2 Å². The van der Waals surface area contributed by atoms with Gasteiger partial charge in [0.1, 0.15) is 5.60 Å². The third-order valence-electron chi connectivity index (χ3n) is 4.92. The summed E-state index contributed by atoms with van der Waals surface area (Å²) in [5.74, 6) is 0.496. The summed E-state index contributed by atoms with van der Waals surface area (Å²) in [5, 5.41) is 13.4. The normalized spacial score (nSPS) is 19.7. The number of phenols is 1. The monoisotopic (exact) mass is 323 g/mol. The Hall–Kier alpha value is -2.49. The van der Waals surface area contributed by atoms with Crippen LogP contribution in [-0.4, -0.2) is 23.2 Å². The lowest BCUT2D eigenvalue weighted by Gasteiger charge is -2.30. The Morgan fingerprint density at radius 3 is 2.83 bits per heavy atom. The van der Waals surface area contributed by atoms with E-state index in [0.717, 1.165) is 18.4 Å². The first-order chi connectivity index (χ1) is 11.4. The van der Waals surface area contributed by atoms with Gasteiger partial charge in [-0.05, 0) is 37.5 Å². The van der Waals surface area contributed by atoms with Gasteiger partial charge in [0.25, 0.3) is 5.91 Å². The first-order valence-electron chi connectivity index (χ1n) is 8.34. The van der Waals surface area contributed by atoms with E-state index in [1.807, 2.05) is 32.0 Å². The maximum atomic E-state index is 12.5. The molecule has 1 amide bonds. The molecule has 0 aromatic heterocycles. The number of fused-ring (bicyclic) bond motifs is 2. The van der Waals surface area contributed by atoms with Crippen LogP contribution in [-0.2, 0) is 12.8 Å². The van der Waals surface area contributed by atoms with E-state index in [1.54, 1.807) is 6.07 Å². The van der Waals surface area contributed by atoms with Crippen LogP contribution in [0.2, 0.25) is 0 Å². The molecule has 1 unspecified atom stereocenters. The highest BCUT2D eigenvalue weighted by Gasteiger charge is 2.34.